The Labute approximate surface area is 139 Å². The number of hydrogen-bond acceptors (Lipinski definition) is 5. The molecule has 0 radical (unpaired) electrons. The number of ether oxygens (including phenoxy) is 1. The van der Waals surface area contributed by atoms with Crippen LogP contribution in [0.5, 0.6) is 0 Å². The molecule has 0 aliphatic carbocycles. The topological polar surface area (TPSA) is 77.4 Å². The number of carbonyl (C=O) groups excluding carboxylic acids is 2. The van der Waals surface area contributed by atoms with Gasteiger partial charge in [0.1, 0.15) is 18.2 Å². The van der Waals surface area contributed by atoms with E-state index in [1.807, 2.05) is 0 Å². The minimum Gasteiger partial charge on any atom is -0.451 e. The number of carbonyl (C=O) groups is 2. The number of aromatic nitrogens is 1. The van der Waals surface area contributed by atoms with Gasteiger partial charge in [-0.25, -0.2) is 8.78 Å². The van der Waals surface area contributed by atoms with Crippen molar-refractivity contribution in [3.63, 3.8) is 0 Å². The molecule has 0 saturated heterocycles. The second kappa shape index (κ2) is 7.35. The Kier molecular flexibility index (Phi) is 5.45. The number of amides is 1. The van der Waals surface area contributed by atoms with Crippen LogP contribution in [-0.4, -0.2) is 22.5 Å². The second-order valence-electron chi connectivity index (χ2n) is 4.97. The molecule has 0 aliphatic rings. The molecule has 1 aromatic carbocycles. The van der Waals surface area contributed by atoms with Gasteiger partial charge in [-0.3, -0.25) is 19.0 Å². The lowest BCUT2D eigenvalue weighted by Crippen LogP contribution is -2.32. The number of benzene rings is 1. The molecule has 0 fully saturated rings. The quantitative estimate of drug-likeness (QED) is 0.832. The van der Waals surface area contributed by atoms with Crippen molar-refractivity contribution < 1.29 is 23.1 Å². The third kappa shape index (κ3) is 4.25. The fourth-order valence-corrected chi connectivity index (χ4v) is 2.57. The zero-order valence-corrected chi connectivity index (χ0v) is 13.7. The van der Waals surface area contributed by atoms with Crippen molar-refractivity contribution in [2.24, 2.45) is 0 Å². The monoisotopic (exact) mass is 356 g/mol. The highest BCUT2D eigenvalue weighted by Crippen LogP contribution is 2.15. The van der Waals surface area contributed by atoms with Gasteiger partial charge in [0.25, 0.3) is 5.91 Å². The summed E-state index contributed by atoms with van der Waals surface area (Å²) in [6.45, 7) is 2.65. The first-order chi connectivity index (χ1) is 11.3. The molecule has 24 heavy (non-hydrogen) atoms. The number of thiazole rings is 1. The first-order valence-electron chi connectivity index (χ1n) is 6.88. The number of nitrogens with zero attached hydrogens (tertiary/aromatic N) is 1. The van der Waals surface area contributed by atoms with Gasteiger partial charge in [0, 0.05) is 17.1 Å². The van der Waals surface area contributed by atoms with Gasteiger partial charge in [-0.15, -0.1) is 0 Å². The summed E-state index contributed by atoms with van der Waals surface area (Å²) in [4.78, 5) is 34.9. The standard InChI is InChI=1S/C15H14F2N2O4S/c1-8-7-24-15(22)19(8)6-13(20)23-9(2)14(21)18-12-4-3-10(16)5-11(12)17/h3-5,7,9H,6H2,1-2H3,(H,18,21)/t9-/m0/s1. The Balaban J connectivity index is 1.96. The number of aryl methyl sites for hydroxylation is 1. The summed E-state index contributed by atoms with van der Waals surface area (Å²) in [6, 6.07) is 2.67. The normalized spacial score (nSPS) is 11.8. The van der Waals surface area contributed by atoms with Crippen LogP contribution in [0.2, 0.25) is 0 Å². The van der Waals surface area contributed by atoms with Gasteiger partial charge < -0.3 is 10.1 Å². The van der Waals surface area contributed by atoms with Crippen LogP contribution in [0, 0.1) is 18.6 Å². The van der Waals surface area contributed by atoms with Crippen molar-refractivity contribution in [1.82, 2.24) is 4.57 Å². The first kappa shape index (κ1) is 17.8. The molecule has 0 saturated carbocycles. The van der Waals surface area contributed by atoms with Crippen LogP contribution in [0.3, 0.4) is 0 Å². The largest absolute Gasteiger partial charge is 0.451 e. The van der Waals surface area contributed by atoms with Crippen LogP contribution in [0.4, 0.5) is 14.5 Å². The summed E-state index contributed by atoms with van der Waals surface area (Å²) in [5, 5.41) is 3.80. The third-order valence-electron chi connectivity index (χ3n) is 3.13. The van der Waals surface area contributed by atoms with Crippen LogP contribution >= 0.6 is 11.3 Å². The fourth-order valence-electron chi connectivity index (χ4n) is 1.84. The molecular weight excluding hydrogens is 342 g/mol. The molecule has 1 amide bonds. The molecule has 0 spiro atoms. The average molecular weight is 356 g/mol. The molecule has 6 nitrogen and oxygen atoms in total. The van der Waals surface area contributed by atoms with E-state index in [0.717, 1.165) is 23.5 Å². The minimum atomic E-state index is -1.21. The van der Waals surface area contributed by atoms with Crippen LogP contribution in [0.25, 0.3) is 0 Å². The van der Waals surface area contributed by atoms with E-state index < -0.39 is 29.6 Å². The van der Waals surface area contributed by atoms with Crippen LogP contribution in [0.1, 0.15) is 12.6 Å². The van der Waals surface area contributed by atoms with Crippen molar-refractivity contribution in [3.8, 4) is 0 Å². The van der Waals surface area contributed by atoms with Gasteiger partial charge in [0.15, 0.2) is 6.10 Å². The minimum absolute atomic E-state index is 0.228. The zero-order chi connectivity index (χ0) is 17.9. The van der Waals surface area contributed by atoms with Crippen molar-refractivity contribution in [2.45, 2.75) is 26.5 Å². The van der Waals surface area contributed by atoms with Gasteiger partial charge >= 0.3 is 10.8 Å². The Hall–Kier alpha value is -2.55. The molecule has 0 unspecified atom stereocenters. The molecule has 0 aliphatic heterocycles. The highest BCUT2D eigenvalue weighted by Gasteiger charge is 2.20. The van der Waals surface area contributed by atoms with Gasteiger partial charge in [-0.1, -0.05) is 11.3 Å². The number of rotatable bonds is 5. The summed E-state index contributed by atoms with van der Waals surface area (Å²) >= 11 is 0.951. The second-order valence-corrected chi connectivity index (χ2v) is 5.80. The molecule has 1 atom stereocenters. The molecule has 2 rings (SSSR count). The van der Waals surface area contributed by atoms with Crippen LogP contribution in [-0.2, 0) is 20.9 Å². The summed E-state index contributed by atoms with van der Waals surface area (Å²) in [6.07, 6.45) is -1.21. The van der Waals surface area contributed by atoms with Crippen molar-refractivity contribution in [1.29, 1.82) is 0 Å². The lowest BCUT2D eigenvalue weighted by atomic mass is 10.2. The highest BCUT2D eigenvalue weighted by molar-refractivity contribution is 7.07. The molecular formula is C15H14F2N2O4S. The van der Waals surface area contributed by atoms with E-state index in [0.29, 0.717) is 11.8 Å². The summed E-state index contributed by atoms with van der Waals surface area (Å²) < 4.78 is 32.4. The summed E-state index contributed by atoms with van der Waals surface area (Å²) in [5.41, 5.74) is 0.377. The van der Waals surface area contributed by atoms with E-state index >= 15 is 0 Å². The SMILES string of the molecule is Cc1csc(=O)n1CC(=O)O[C@@H](C)C(=O)Nc1ccc(F)cc1F. The van der Waals surface area contributed by atoms with Crippen LogP contribution in [0.15, 0.2) is 28.4 Å². The van der Waals surface area contributed by atoms with E-state index in [1.165, 1.54) is 11.5 Å². The van der Waals surface area contributed by atoms with E-state index in [2.05, 4.69) is 5.32 Å². The third-order valence-corrected chi connectivity index (χ3v) is 4.01. The van der Waals surface area contributed by atoms with E-state index in [9.17, 15) is 23.2 Å². The number of hydrogen-bond donors (Lipinski definition) is 1. The lowest BCUT2D eigenvalue weighted by Gasteiger charge is -2.14. The maximum absolute atomic E-state index is 13.5. The Morgan fingerprint density at radius 1 is 1.38 bits per heavy atom. The predicted octanol–water partition coefficient (Wildman–Crippen LogP) is 2.07. The van der Waals surface area contributed by atoms with E-state index in [4.69, 9.17) is 4.74 Å². The van der Waals surface area contributed by atoms with Crippen molar-refractivity contribution >= 4 is 28.9 Å². The Morgan fingerprint density at radius 2 is 2.08 bits per heavy atom. The molecule has 128 valence electrons. The average Bonchev–Trinajstić information content (AvgIpc) is 2.81. The maximum atomic E-state index is 13.5. The molecule has 2 aromatic rings. The molecule has 1 aromatic heterocycles. The number of halogens is 2. The first-order valence-corrected chi connectivity index (χ1v) is 7.76. The number of esters is 1. The van der Waals surface area contributed by atoms with Crippen LogP contribution < -0.4 is 10.2 Å². The lowest BCUT2D eigenvalue weighted by molar-refractivity contribution is -0.153. The van der Waals surface area contributed by atoms with Crippen molar-refractivity contribution in [3.05, 3.63) is 50.6 Å². The molecule has 9 heteroatoms. The molecule has 1 heterocycles. The molecule has 1 N–H and O–H groups in total. The van der Waals surface area contributed by atoms with Gasteiger partial charge in [0.05, 0.1) is 5.69 Å². The van der Waals surface area contributed by atoms with E-state index in [1.54, 1.807) is 12.3 Å². The summed E-state index contributed by atoms with van der Waals surface area (Å²) in [5.74, 6) is -3.27. The highest BCUT2D eigenvalue weighted by atomic mass is 32.1. The van der Waals surface area contributed by atoms with Gasteiger partial charge in [-0.05, 0) is 26.0 Å². The van der Waals surface area contributed by atoms with Gasteiger partial charge in [-0.2, -0.15) is 0 Å². The van der Waals surface area contributed by atoms with E-state index in [-0.39, 0.29) is 17.1 Å². The molecule has 0 bridgehead atoms. The maximum Gasteiger partial charge on any atom is 0.326 e. The smallest absolute Gasteiger partial charge is 0.326 e. The van der Waals surface area contributed by atoms with Gasteiger partial charge in [0.2, 0.25) is 0 Å². The number of anilines is 1. The fraction of sp³-hybridized carbons (Fsp3) is 0.267. The Morgan fingerprint density at radius 3 is 2.67 bits per heavy atom. The Bertz CT molecular complexity index is 831. The van der Waals surface area contributed by atoms with Crippen molar-refractivity contribution in [2.75, 3.05) is 5.32 Å². The number of nitrogens with one attached hydrogen (secondary N) is 1. The summed E-state index contributed by atoms with van der Waals surface area (Å²) in [7, 11) is 0. The predicted molar refractivity (Wildman–Crippen MR) is 83.9 cm³/mol. The zero-order valence-electron chi connectivity index (χ0n) is 12.8.